The Morgan fingerprint density at radius 1 is 0.892 bits per heavy atom. The Kier molecular flexibility index (Phi) is 9.34. The summed E-state index contributed by atoms with van der Waals surface area (Å²) in [4.78, 5) is 28.2. The number of rotatable bonds is 10. The van der Waals surface area contributed by atoms with Crippen molar-refractivity contribution in [1.29, 1.82) is 0 Å². The summed E-state index contributed by atoms with van der Waals surface area (Å²) in [5.74, 6) is -0.880. The minimum Gasteiger partial charge on any atom is -0.352 e. The van der Waals surface area contributed by atoms with Crippen LogP contribution in [0, 0.1) is 6.92 Å². The molecule has 0 aliphatic rings. The molecule has 0 aliphatic heterocycles. The highest BCUT2D eigenvalue weighted by Crippen LogP contribution is 2.25. The molecule has 0 saturated carbocycles. The molecule has 0 aromatic heterocycles. The molecule has 0 unspecified atom stereocenters. The summed E-state index contributed by atoms with van der Waals surface area (Å²) in [5, 5.41) is 3.28. The first-order chi connectivity index (χ1) is 17.5. The predicted molar refractivity (Wildman–Crippen MR) is 147 cm³/mol. The first-order valence-corrected chi connectivity index (χ1v) is 13.8. The zero-order chi connectivity index (χ0) is 27.2. The Bertz CT molecular complexity index is 1330. The standard InChI is InChI=1S/C28H32ClN3O4S/c1-20(2)30-28(34)22(4)31(18-23-10-8-9-13-26(23)29)27(33)19-32(24-16-14-21(3)15-17-24)37(35,36)25-11-6-5-7-12-25/h5-17,20,22H,18-19H2,1-4H3,(H,30,34)/t22-/m1/s1. The van der Waals surface area contributed by atoms with Crippen molar-refractivity contribution in [3.05, 3.63) is 95.0 Å². The second-order valence-electron chi connectivity index (χ2n) is 9.11. The molecule has 0 heterocycles. The molecule has 3 aromatic carbocycles. The van der Waals surface area contributed by atoms with Crippen LogP contribution in [-0.2, 0) is 26.2 Å². The number of anilines is 1. The number of amides is 2. The van der Waals surface area contributed by atoms with Crippen molar-refractivity contribution in [2.45, 2.75) is 51.2 Å². The third kappa shape index (κ3) is 7.11. The molecule has 1 N–H and O–H groups in total. The molecule has 0 spiro atoms. The van der Waals surface area contributed by atoms with Crippen LogP contribution in [0.15, 0.2) is 83.8 Å². The smallest absolute Gasteiger partial charge is 0.264 e. The van der Waals surface area contributed by atoms with Gasteiger partial charge in [-0.2, -0.15) is 0 Å². The van der Waals surface area contributed by atoms with Crippen molar-refractivity contribution in [3.63, 3.8) is 0 Å². The molecule has 37 heavy (non-hydrogen) atoms. The molecule has 3 rings (SSSR count). The van der Waals surface area contributed by atoms with Crippen molar-refractivity contribution < 1.29 is 18.0 Å². The SMILES string of the molecule is Cc1ccc(N(CC(=O)N(Cc2ccccc2Cl)[C@H](C)C(=O)NC(C)C)S(=O)(=O)c2ccccc2)cc1. The van der Waals surface area contributed by atoms with Crippen molar-refractivity contribution in [2.24, 2.45) is 0 Å². The van der Waals surface area contributed by atoms with Crippen molar-refractivity contribution in [3.8, 4) is 0 Å². The highest BCUT2D eigenvalue weighted by Gasteiger charge is 2.32. The Hall–Kier alpha value is -3.36. The summed E-state index contributed by atoms with van der Waals surface area (Å²) >= 11 is 6.37. The van der Waals surface area contributed by atoms with Gasteiger partial charge in [0.15, 0.2) is 0 Å². The first-order valence-electron chi connectivity index (χ1n) is 12.0. The second kappa shape index (κ2) is 12.3. The van der Waals surface area contributed by atoms with Gasteiger partial charge in [0.2, 0.25) is 11.8 Å². The largest absolute Gasteiger partial charge is 0.352 e. The molecule has 0 aliphatic carbocycles. The number of carbonyl (C=O) groups excluding carboxylic acids is 2. The van der Waals surface area contributed by atoms with Crippen molar-refractivity contribution in [1.82, 2.24) is 10.2 Å². The normalized spacial score (nSPS) is 12.2. The van der Waals surface area contributed by atoms with Crippen LogP contribution >= 0.6 is 11.6 Å². The van der Waals surface area contributed by atoms with Crippen LogP contribution in [0.5, 0.6) is 0 Å². The van der Waals surface area contributed by atoms with Gasteiger partial charge >= 0.3 is 0 Å². The molecule has 3 aromatic rings. The lowest BCUT2D eigenvalue weighted by atomic mass is 10.1. The number of aryl methyl sites for hydroxylation is 1. The molecule has 0 saturated heterocycles. The van der Waals surface area contributed by atoms with Gasteiger partial charge < -0.3 is 10.2 Å². The molecule has 0 radical (unpaired) electrons. The second-order valence-corrected chi connectivity index (χ2v) is 11.4. The molecule has 0 bridgehead atoms. The minimum absolute atomic E-state index is 0.0400. The Morgan fingerprint density at radius 3 is 2.08 bits per heavy atom. The van der Waals surface area contributed by atoms with E-state index in [1.165, 1.54) is 17.0 Å². The van der Waals surface area contributed by atoms with E-state index in [9.17, 15) is 18.0 Å². The number of nitrogens with zero attached hydrogens (tertiary/aromatic N) is 2. The minimum atomic E-state index is -4.08. The maximum absolute atomic E-state index is 13.8. The number of hydrogen-bond acceptors (Lipinski definition) is 4. The summed E-state index contributed by atoms with van der Waals surface area (Å²) in [6, 6.07) is 20.9. The average molecular weight is 542 g/mol. The number of nitrogens with one attached hydrogen (secondary N) is 1. The van der Waals surface area contributed by atoms with E-state index < -0.39 is 28.5 Å². The molecule has 0 fully saturated rings. The van der Waals surface area contributed by atoms with Gasteiger partial charge in [0.05, 0.1) is 10.6 Å². The maximum atomic E-state index is 13.8. The van der Waals surface area contributed by atoms with Gasteiger partial charge in [-0.1, -0.05) is 65.7 Å². The van der Waals surface area contributed by atoms with E-state index in [4.69, 9.17) is 11.6 Å². The zero-order valence-corrected chi connectivity index (χ0v) is 23.0. The lowest BCUT2D eigenvalue weighted by Crippen LogP contribution is -2.52. The fourth-order valence-corrected chi connectivity index (χ4v) is 5.39. The van der Waals surface area contributed by atoms with Crippen LogP contribution in [-0.4, -0.2) is 43.8 Å². The number of benzene rings is 3. The van der Waals surface area contributed by atoms with Gasteiger partial charge in [-0.3, -0.25) is 13.9 Å². The fourth-order valence-electron chi connectivity index (χ4n) is 3.76. The van der Waals surface area contributed by atoms with E-state index >= 15 is 0 Å². The fraction of sp³-hybridized carbons (Fsp3) is 0.286. The lowest BCUT2D eigenvalue weighted by molar-refractivity contribution is -0.139. The van der Waals surface area contributed by atoms with Gasteiger partial charge in [0, 0.05) is 17.6 Å². The predicted octanol–water partition coefficient (Wildman–Crippen LogP) is 4.79. The topological polar surface area (TPSA) is 86.8 Å². The van der Waals surface area contributed by atoms with Crippen LogP contribution in [0.2, 0.25) is 5.02 Å². The lowest BCUT2D eigenvalue weighted by Gasteiger charge is -2.32. The quantitative estimate of drug-likeness (QED) is 0.400. The summed E-state index contributed by atoms with van der Waals surface area (Å²) in [7, 11) is -4.08. The Morgan fingerprint density at radius 2 is 1.49 bits per heavy atom. The van der Waals surface area contributed by atoms with Crippen LogP contribution in [0.4, 0.5) is 5.69 Å². The van der Waals surface area contributed by atoms with Crippen molar-refractivity contribution >= 4 is 39.1 Å². The molecular formula is C28H32ClN3O4S. The first kappa shape index (κ1) is 28.2. The van der Waals surface area contributed by atoms with E-state index in [1.807, 2.05) is 20.8 Å². The Labute approximate surface area is 224 Å². The van der Waals surface area contributed by atoms with Gasteiger partial charge in [-0.15, -0.1) is 0 Å². The van der Waals surface area contributed by atoms with Crippen molar-refractivity contribution in [2.75, 3.05) is 10.8 Å². The number of hydrogen-bond donors (Lipinski definition) is 1. The van der Waals surface area contributed by atoms with E-state index in [1.54, 1.807) is 73.7 Å². The summed E-state index contributed by atoms with van der Waals surface area (Å²) in [5.41, 5.74) is 1.95. The third-order valence-corrected chi connectivity index (χ3v) is 7.99. The molecule has 196 valence electrons. The monoisotopic (exact) mass is 541 g/mol. The third-order valence-electron chi connectivity index (χ3n) is 5.83. The summed E-state index contributed by atoms with van der Waals surface area (Å²) in [6.45, 7) is 6.72. The van der Waals surface area contributed by atoms with E-state index in [0.717, 1.165) is 9.87 Å². The number of halogens is 1. The van der Waals surface area contributed by atoms with Crippen LogP contribution in [0.25, 0.3) is 0 Å². The number of sulfonamides is 1. The molecule has 2 amide bonds. The molecule has 1 atom stereocenters. The maximum Gasteiger partial charge on any atom is 0.264 e. The molecule has 9 heteroatoms. The van der Waals surface area contributed by atoms with E-state index in [-0.39, 0.29) is 23.4 Å². The average Bonchev–Trinajstić information content (AvgIpc) is 2.87. The van der Waals surface area contributed by atoms with E-state index in [2.05, 4.69) is 5.32 Å². The highest BCUT2D eigenvalue weighted by molar-refractivity contribution is 7.92. The van der Waals surface area contributed by atoms with Crippen LogP contribution < -0.4 is 9.62 Å². The highest BCUT2D eigenvalue weighted by atomic mass is 35.5. The van der Waals surface area contributed by atoms with Crippen LogP contribution in [0.1, 0.15) is 31.9 Å². The summed E-state index contributed by atoms with van der Waals surface area (Å²) < 4.78 is 28.5. The summed E-state index contributed by atoms with van der Waals surface area (Å²) in [6.07, 6.45) is 0. The van der Waals surface area contributed by atoms with E-state index in [0.29, 0.717) is 16.3 Å². The van der Waals surface area contributed by atoms with Gasteiger partial charge in [0.1, 0.15) is 12.6 Å². The molecule has 7 nitrogen and oxygen atoms in total. The Balaban J connectivity index is 2.02. The zero-order valence-electron chi connectivity index (χ0n) is 21.4. The van der Waals surface area contributed by atoms with Crippen LogP contribution in [0.3, 0.4) is 0 Å². The van der Waals surface area contributed by atoms with Gasteiger partial charge in [-0.05, 0) is 63.6 Å². The van der Waals surface area contributed by atoms with Gasteiger partial charge in [0.25, 0.3) is 10.0 Å². The molecular weight excluding hydrogens is 510 g/mol. The van der Waals surface area contributed by atoms with Gasteiger partial charge in [-0.25, -0.2) is 8.42 Å². The number of carbonyl (C=O) groups is 2.